The number of aliphatic hydroxyl groups is 1. The van der Waals surface area contributed by atoms with E-state index in [4.69, 9.17) is 5.11 Å². The Labute approximate surface area is 127 Å². The van der Waals surface area contributed by atoms with Gasteiger partial charge in [0.15, 0.2) is 0 Å². The monoisotopic (exact) mass is 341 g/mol. The van der Waals surface area contributed by atoms with Gasteiger partial charge in [-0.05, 0) is 48.9 Å². The summed E-state index contributed by atoms with van der Waals surface area (Å²) in [4.78, 5) is 10.9. The Morgan fingerprint density at radius 1 is 1.35 bits per heavy atom. The Morgan fingerprint density at radius 3 is 2.75 bits per heavy atom. The fraction of sp³-hybridized carbons (Fsp3) is 0.533. The molecule has 3 N–H and O–H groups in total. The first-order chi connectivity index (χ1) is 9.61. The molecule has 2 atom stereocenters. The number of aliphatic hydroxyl groups excluding tert-OH is 1. The minimum Gasteiger partial charge on any atom is -0.478 e. The third-order valence-electron chi connectivity index (χ3n) is 4.07. The van der Waals surface area contributed by atoms with E-state index in [0.29, 0.717) is 18.4 Å². The first-order valence-corrected chi connectivity index (χ1v) is 7.74. The normalized spacial score (nSPS) is 22.1. The van der Waals surface area contributed by atoms with Crippen LogP contribution in [-0.2, 0) is 6.54 Å². The van der Waals surface area contributed by atoms with Crippen molar-refractivity contribution < 1.29 is 15.0 Å². The van der Waals surface area contributed by atoms with E-state index in [1.54, 1.807) is 12.1 Å². The molecule has 2 rings (SSSR count). The molecule has 0 aliphatic heterocycles. The molecular formula is C15H20BrNO3. The Morgan fingerprint density at radius 2 is 2.10 bits per heavy atom. The number of carbonyl (C=O) groups is 1. The van der Waals surface area contributed by atoms with Crippen molar-refractivity contribution in [1.29, 1.82) is 0 Å². The minimum atomic E-state index is -0.915. The summed E-state index contributed by atoms with van der Waals surface area (Å²) >= 11 is 3.41. The molecule has 2 unspecified atom stereocenters. The van der Waals surface area contributed by atoms with Crippen LogP contribution in [0.5, 0.6) is 0 Å². The number of hydrogen-bond donors (Lipinski definition) is 3. The predicted octanol–water partition coefficient (Wildman–Crippen LogP) is 2.65. The number of halogens is 1. The van der Waals surface area contributed by atoms with Gasteiger partial charge in [0.1, 0.15) is 0 Å². The van der Waals surface area contributed by atoms with E-state index in [2.05, 4.69) is 21.2 Å². The molecule has 0 aromatic heterocycles. The summed E-state index contributed by atoms with van der Waals surface area (Å²) in [5.41, 5.74) is 1.34. The van der Waals surface area contributed by atoms with Crippen LogP contribution in [0, 0.1) is 11.8 Å². The van der Waals surface area contributed by atoms with Gasteiger partial charge >= 0.3 is 5.97 Å². The van der Waals surface area contributed by atoms with Gasteiger partial charge in [-0.15, -0.1) is 0 Å². The molecular weight excluding hydrogens is 322 g/mol. The highest BCUT2D eigenvalue weighted by Gasteiger charge is 2.25. The van der Waals surface area contributed by atoms with Crippen LogP contribution in [0.25, 0.3) is 0 Å². The summed E-state index contributed by atoms with van der Waals surface area (Å²) < 4.78 is 0.815. The van der Waals surface area contributed by atoms with Gasteiger partial charge < -0.3 is 15.5 Å². The van der Waals surface area contributed by atoms with Crippen molar-refractivity contribution in [2.45, 2.75) is 25.8 Å². The van der Waals surface area contributed by atoms with Crippen molar-refractivity contribution in [2.24, 2.45) is 11.8 Å². The van der Waals surface area contributed by atoms with Crippen LogP contribution < -0.4 is 5.32 Å². The maximum Gasteiger partial charge on any atom is 0.335 e. The Hall–Kier alpha value is -0.910. The topological polar surface area (TPSA) is 69.6 Å². The zero-order valence-corrected chi connectivity index (χ0v) is 12.9. The number of rotatable bonds is 6. The summed E-state index contributed by atoms with van der Waals surface area (Å²) in [5, 5.41) is 21.6. The number of carboxylic acid groups (broad SMARTS) is 1. The average molecular weight is 342 g/mol. The highest BCUT2D eigenvalue weighted by molar-refractivity contribution is 9.10. The minimum absolute atomic E-state index is 0.281. The second kappa shape index (κ2) is 7.20. The molecule has 20 heavy (non-hydrogen) atoms. The highest BCUT2D eigenvalue weighted by atomic mass is 79.9. The van der Waals surface area contributed by atoms with Crippen molar-refractivity contribution in [2.75, 3.05) is 13.2 Å². The van der Waals surface area contributed by atoms with E-state index in [9.17, 15) is 9.90 Å². The van der Waals surface area contributed by atoms with Crippen LogP contribution >= 0.6 is 15.9 Å². The van der Waals surface area contributed by atoms with Crippen molar-refractivity contribution in [1.82, 2.24) is 5.32 Å². The second-order valence-corrected chi connectivity index (χ2v) is 6.23. The Bertz CT molecular complexity index is 478. The number of hydrogen-bond acceptors (Lipinski definition) is 3. The van der Waals surface area contributed by atoms with Crippen LogP contribution in [0.3, 0.4) is 0 Å². The molecule has 0 spiro atoms. The summed E-state index contributed by atoms with van der Waals surface area (Å²) in [6.45, 7) is 1.89. The van der Waals surface area contributed by atoms with Gasteiger partial charge in [0.05, 0.1) is 5.56 Å². The summed E-state index contributed by atoms with van der Waals surface area (Å²) in [6.07, 6.45) is 3.51. The molecule has 0 heterocycles. The lowest BCUT2D eigenvalue weighted by Gasteiger charge is -2.18. The fourth-order valence-electron chi connectivity index (χ4n) is 2.84. The van der Waals surface area contributed by atoms with E-state index in [1.165, 1.54) is 12.8 Å². The van der Waals surface area contributed by atoms with Crippen LogP contribution in [0.4, 0.5) is 0 Å². The lowest BCUT2D eigenvalue weighted by atomic mass is 9.97. The van der Waals surface area contributed by atoms with Gasteiger partial charge in [-0.2, -0.15) is 0 Å². The molecule has 1 aliphatic carbocycles. The fourth-order valence-corrected chi connectivity index (χ4v) is 3.36. The van der Waals surface area contributed by atoms with E-state index in [1.807, 2.05) is 6.07 Å². The molecule has 0 bridgehead atoms. The van der Waals surface area contributed by atoms with Gasteiger partial charge in [-0.3, -0.25) is 0 Å². The van der Waals surface area contributed by atoms with Crippen molar-refractivity contribution in [3.63, 3.8) is 0 Å². The van der Waals surface area contributed by atoms with Crippen LogP contribution in [0.15, 0.2) is 22.7 Å². The smallest absolute Gasteiger partial charge is 0.335 e. The van der Waals surface area contributed by atoms with Gasteiger partial charge in [0.25, 0.3) is 0 Å². The number of aromatic carboxylic acids is 1. The first-order valence-electron chi connectivity index (χ1n) is 6.95. The molecule has 0 saturated heterocycles. The molecule has 0 radical (unpaired) electrons. The zero-order valence-electron chi connectivity index (χ0n) is 11.3. The third kappa shape index (κ3) is 3.81. The summed E-state index contributed by atoms with van der Waals surface area (Å²) in [7, 11) is 0. The summed E-state index contributed by atoms with van der Waals surface area (Å²) in [5.74, 6) is 0.0688. The van der Waals surface area contributed by atoms with Crippen LogP contribution in [0.2, 0.25) is 0 Å². The van der Waals surface area contributed by atoms with Gasteiger partial charge in [-0.1, -0.05) is 28.4 Å². The van der Waals surface area contributed by atoms with E-state index in [-0.39, 0.29) is 12.2 Å². The first kappa shape index (κ1) is 15.5. The maximum absolute atomic E-state index is 10.9. The van der Waals surface area contributed by atoms with E-state index >= 15 is 0 Å². The third-order valence-corrected chi connectivity index (χ3v) is 4.81. The van der Waals surface area contributed by atoms with Crippen molar-refractivity contribution in [3.05, 3.63) is 33.8 Å². The molecule has 1 aromatic carbocycles. The molecule has 110 valence electrons. The second-order valence-electron chi connectivity index (χ2n) is 5.38. The van der Waals surface area contributed by atoms with Crippen LogP contribution in [-0.4, -0.2) is 29.3 Å². The maximum atomic E-state index is 10.9. The molecule has 1 aliphatic rings. The van der Waals surface area contributed by atoms with Crippen LogP contribution in [0.1, 0.15) is 35.2 Å². The predicted molar refractivity (Wildman–Crippen MR) is 80.7 cm³/mol. The Balaban J connectivity index is 1.86. The number of benzene rings is 1. The number of carboxylic acids is 1. The zero-order chi connectivity index (χ0) is 14.5. The van der Waals surface area contributed by atoms with Gasteiger partial charge in [-0.25, -0.2) is 4.79 Å². The summed E-state index contributed by atoms with van der Waals surface area (Å²) in [6, 6.07) is 5.08. The standard InChI is InChI=1S/C15H20BrNO3/c16-14-6-10(15(19)20)4-5-12(14)8-17-7-11-2-1-3-13(11)9-18/h4-6,11,13,17-18H,1-3,7-9H2,(H,19,20). The quantitative estimate of drug-likeness (QED) is 0.743. The highest BCUT2D eigenvalue weighted by Crippen LogP contribution is 2.30. The molecule has 1 aromatic rings. The number of nitrogens with one attached hydrogen (secondary N) is 1. The lowest BCUT2D eigenvalue weighted by molar-refractivity contribution is 0.0697. The molecule has 4 nitrogen and oxygen atoms in total. The largest absolute Gasteiger partial charge is 0.478 e. The Kier molecular flexibility index (Phi) is 5.57. The van der Waals surface area contributed by atoms with Gasteiger partial charge in [0, 0.05) is 17.6 Å². The molecule has 5 heteroatoms. The molecule has 0 amide bonds. The van der Waals surface area contributed by atoms with Crippen molar-refractivity contribution >= 4 is 21.9 Å². The molecule has 1 fully saturated rings. The van der Waals surface area contributed by atoms with Gasteiger partial charge in [0.2, 0.25) is 0 Å². The van der Waals surface area contributed by atoms with E-state index in [0.717, 1.165) is 23.0 Å². The SMILES string of the molecule is O=C(O)c1ccc(CNCC2CCCC2CO)c(Br)c1. The van der Waals surface area contributed by atoms with E-state index < -0.39 is 5.97 Å². The lowest BCUT2D eigenvalue weighted by Crippen LogP contribution is -2.26. The average Bonchev–Trinajstić information content (AvgIpc) is 2.87. The molecule has 1 saturated carbocycles. The van der Waals surface area contributed by atoms with Crippen molar-refractivity contribution in [3.8, 4) is 0 Å².